The number of hydrogen-bond acceptors (Lipinski definition) is 2. The molecule has 0 fully saturated rings. The molecular weight excluding hydrogens is 166 g/mol. The summed E-state index contributed by atoms with van der Waals surface area (Å²) in [4.78, 5) is 10.9. The van der Waals surface area contributed by atoms with Gasteiger partial charge in [0.1, 0.15) is 5.75 Å². The monoisotopic (exact) mass is 183 g/mol. The second-order valence-corrected chi connectivity index (χ2v) is 2.32. The molecule has 0 atom stereocenters. The van der Waals surface area contributed by atoms with E-state index in [0.717, 1.165) is 0 Å². The molecular formula is C10H13NO2. The highest BCUT2D eigenvalue weighted by molar-refractivity contribution is 5.88. The fourth-order valence-corrected chi connectivity index (χ4v) is 0.756. The van der Waals surface area contributed by atoms with Gasteiger partial charge in [0.25, 0.3) is 0 Å². The highest BCUT2D eigenvalue weighted by Crippen LogP contribution is 2.15. The van der Waals surface area contributed by atoms with Gasteiger partial charge in [-0.15, -0.1) is 0 Å². The average molecular weight is 183 g/mol. The van der Waals surface area contributed by atoms with Crippen LogP contribution in [0.5, 0.6) is 5.75 Å². The fraction of sp³-hybridized carbons (Fsp3) is 0.300. The van der Waals surface area contributed by atoms with Gasteiger partial charge < -0.3 is 10.1 Å². The highest BCUT2D eigenvalue weighted by atomic mass is 16.5. The quantitative estimate of drug-likeness (QED) is 0.778. The number of rotatable bonds is 3. The largest absolute Gasteiger partial charge is 0.494 e. The molecule has 1 aromatic carbocycles. The summed E-state index contributed by atoms with van der Waals surface area (Å²) in [5, 5.41) is 2.28. The van der Waals surface area contributed by atoms with Gasteiger partial charge >= 0.3 is 0 Å². The Morgan fingerprint density at radius 2 is 2.15 bits per heavy atom. The number of benzene rings is 1. The van der Waals surface area contributed by atoms with E-state index < -0.39 is 5.91 Å². The lowest BCUT2D eigenvalue weighted by Crippen LogP contribution is -2.05. The van der Waals surface area contributed by atoms with Crippen LogP contribution < -0.4 is 10.1 Å². The Balaban J connectivity index is 3.41. The standard InChI is InChI=1S/C10H13NO2/c1-3-13-10-6-4-9(5-7-10)11-8(2)12/h4-7H,3H2,1-2H3,(H,11,12)/i4D,5D,6D,7D. The van der Waals surface area contributed by atoms with E-state index in [0.29, 0.717) is 0 Å². The first kappa shape index (κ1) is 5.27. The van der Waals surface area contributed by atoms with Gasteiger partial charge in [-0.05, 0) is 31.1 Å². The van der Waals surface area contributed by atoms with E-state index in [9.17, 15) is 4.79 Å². The number of amides is 1. The summed E-state index contributed by atoms with van der Waals surface area (Å²) in [7, 11) is 0. The number of nitrogens with one attached hydrogen (secondary N) is 1. The Hall–Kier alpha value is -1.51. The third kappa shape index (κ3) is 3.15. The van der Waals surface area contributed by atoms with Crippen molar-refractivity contribution in [2.45, 2.75) is 13.8 Å². The van der Waals surface area contributed by atoms with E-state index in [-0.39, 0.29) is 42.2 Å². The van der Waals surface area contributed by atoms with Crippen molar-refractivity contribution in [3.05, 3.63) is 24.2 Å². The summed E-state index contributed by atoms with van der Waals surface area (Å²) in [6.07, 6.45) is 0. The van der Waals surface area contributed by atoms with Gasteiger partial charge in [0, 0.05) is 12.6 Å². The number of hydrogen-bond donors (Lipinski definition) is 1. The van der Waals surface area contributed by atoms with Gasteiger partial charge in [-0.1, -0.05) is 0 Å². The average Bonchev–Trinajstić information content (AvgIpc) is 2.27. The summed E-state index contributed by atoms with van der Waals surface area (Å²) in [6.45, 7) is 3.17. The van der Waals surface area contributed by atoms with Crippen LogP contribution in [0.1, 0.15) is 19.3 Å². The van der Waals surface area contributed by atoms with Crippen molar-refractivity contribution in [1.82, 2.24) is 0 Å². The van der Waals surface area contributed by atoms with Gasteiger partial charge in [-0.3, -0.25) is 4.79 Å². The predicted octanol–water partition coefficient (Wildman–Crippen LogP) is 2.04. The second kappa shape index (κ2) is 4.50. The third-order valence-corrected chi connectivity index (χ3v) is 1.19. The van der Waals surface area contributed by atoms with Crippen LogP contribution in [0.15, 0.2) is 24.2 Å². The summed E-state index contributed by atoms with van der Waals surface area (Å²) in [5.41, 5.74) is -0.129. The van der Waals surface area contributed by atoms with Crippen LogP contribution in [0.25, 0.3) is 0 Å². The fourth-order valence-electron chi connectivity index (χ4n) is 0.756. The normalized spacial score (nSPS) is 13.7. The molecule has 3 nitrogen and oxygen atoms in total. The summed E-state index contributed by atoms with van der Waals surface area (Å²) in [6, 6.07) is -1.22. The van der Waals surface area contributed by atoms with E-state index in [1.54, 1.807) is 6.92 Å². The molecule has 3 heteroatoms. The highest BCUT2D eigenvalue weighted by Gasteiger charge is 1.95. The van der Waals surface area contributed by atoms with Crippen molar-refractivity contribution in [3.63, 3.8) is 0 Å². The summed E-state index contributed by atoms with van der Waals surface area (Å²) >= 11 is 0. The Morgan fingerprint density at radius 1 is 1.54 bits per heavy atom. The number of carbonyl (C=O) groups is 1. The molecule has 0 aliphatic rings. The van der Waals surface area contributed by atoms with Crippen molar-refractivity contribution in [2.75, 3.05) is 11.9 Å². The van der Waals surface area contributed by atoms with Crippen molar-refractivity contribution >= 4 is 11.6 Å². The van der Waals surface area contributed by atoms with Crippen LogP contribution in [0.3, 0.4) is 0 Å². The molecule has 70 valence electrons. The molecule has 0 heterocycles. The number of carbonyl (C=O) groups excluding carboxylic acids is 1. The summed E-state index contributed by atoms with van der Waals surface area (Å²) in [5.74, 6) is -0.549. The zero-order valence-corrected chi connectivity index (χ0v) is 7.52. The van der Waals surface area contributed by atoms with Gasteiger partial charge in [-0.25, -0.2) is 0 Å². The van der Waals surface area contributed by atoms with Gasteiger partial charge in [0.15, 0.2) is 0 Å². The molecule has 0 radical (unpaired) electrons. The minimum Gasteiger partial charge on any atom is -0.494 e. The molecule has 0 aliphatic carbocycles. The summed E-state index contributed by atoms with van der Waals surface area (Å²) < 4.78 is 35.7. The lowest BCUT2D eigenvalue weighted by molar-refractivity contribution is -0.114. The number of anilines is 1. The smallest absolute Gasteiger partial charge is 0.221 e. The van der Waals surface area contributed by atoms with Crippen molar-refractivity contribution < 1.29 is 15.0 Å². The maximum atomic E-state index is 10.9. The molecule has 0 saturated carbocycles. The molecule has 0 spiro atoms. The van der Waals surface area contributed by atoms with E-state index in [1.165, 1.54) is 6.92 Å². The molecule has 1 aromatic rings. The van der Waals surface area contributed by atoms with Crippen LogP contribution in [-0.2, 0) is 4.79 Å². The molecule has 0 bridgehead atoms. The van der Waals surface area contributed by atoms with Crippen LogP contribution >= 0.6 is 0 Å². The Bertz CT molecular complexity index is 433. The molecule has 0 saturated heterocycles. The first-order valence-electron chi connectivity index (χ1n) is 5.90. The lowest BCUT2D eigenvalue weighted by Gasteiger charge is -2.04. The number of ether oxygens (including phenoxy) is 1. The lowest BCUT2D eigenvalue weighted by atomic mass is 10.3. The third-order valence-electron chi connectivity index (χ3n) is 1.19. The van der Waals surface area contributed by atoms with E-state index in [2.05, 4.69) is 5.32 Å². The minimum absolute atomic E-state index is 0.100. The van der Waals surface area contributed by atoms with Crippen LogP contribution in [0, 0.1) is 0 Å². The van der Waals surface area contributed by atoms with E-state index >= 15 is 0 Å². The van der Waals surface area contributed by atoms with E-state index in [4.69, 9.17) is 10.2 Å². The second-order valence-electron chi connectivity index (χ2n) is 2.32. The van der Waals surface area contributed by atoms with Crippen molar-refractivity contribution in [1.29, 1.82) is 0 Å². The predicted molar refractivity (Wildman–Crippen MR) is 51.9 cm³/mol. The topological polar surface area (TPSA) is 38.3 Å². The minimum atomic E-state index is -0.449. The van der Waals surface area contributed by atoms with Gasteiger partial charge in [-0.2, -0.15) is 0 Å². The van der Waals surface area contributed by atoms with Crippen molar-refractivity contribution in [2.24, 2.45) is 0 Å². The zero-order chi connectivity index (χ0) is 13.2. The molecule has 1 N–H and O–H groups in total. The first-order chi connectivity index (χ1) is 7.90. The SMILES string of the molecule is [2H]c1c([2H])c(OCC)c([2H])c([2H])c1NC(C)=O. The first-order valence-corrected chi connectivity index (χ1v) is 3.90. The Kier molecular flexibility index (Phi) is 1.82. The molecule has 13 heavy (non-hydrogen) atoms. The van der Waals surface area contributed by atoms with Crippen LogP contribution in [0.4, 0.5) is 5.69 Å². The Labute approximate surface area is 83.3 Å². The zero-order valence-electron chi connectivity index (χ0n) is 11.5. The molecule has 1 amide bonds. The molecule has 0 aliphatic heterocycles. The maximum Gasteiger partial charge on any atom is 0.221 e. The molecule has 0 aromatic heterocycles. The maximum absolute atomic E-state index is 10.9. The molecule has 1 rings (SSSR count). The van der Waals surface area contributed by atoms with Gasteiger partial charge in [0.2, 0.25) is 5.91 Å². The Morgan fingerprint density at radius 3 is 2.62 bits per heavy atom. The molecule has 0 unspecified atom stereocenters. The van der Waals surface area contributed by atoms with Crippen molar-refractivity contribution in [3.8, 4) is 5.75 Å². The van der Waals surface area contributed by atoms with Gasteiger partial charge in [0.05, 0.1) is 12.1 Å². The van der Waals surface area contributed by atoms with Crippen LogP contribution in [0.2, 0.25) is 0 Å². The van der Waals surface area contributed by atoms with E-state index in [1.807, 2.05) is 0 Å². The van der Waals surface area contributed by atoms with Crippen LogP contribution in [-0.4, -0.2) is 12.5 Å².